The minimum absolute atomic E-state index is 0.0519. The molecule has 0 bridgehead atoms. The van der Waals surface area contributed by atoms with Gasteiger partial charge in [0.25, 0.3) is 5.91 Å². The van der Waals surface area contributed by atoms with Crippen molar-refractivity contribution in [2.24, 2.45) is 5.92 Å². The maximum Gasteiger partial charge on any atom is 0.417 e. The second-order valence-corrected chi connectivity index (χ2v) is 6.79. The van der Waals surface area contributed by atoms with Gasteiger partial charge in [0.15, 0.2) is 0 Å². The topological polar surface area (TPSA) is 58.2 Å². The van der Waals surface area contributed by atoms with Crippen molar-refractivity contribution >= 4 is 29.1 Å². The molecule has 4 nitrogen and oxygen atoms in total. The molecule has 2 amide bonds. The van der Waals surface area contributed by atoms with Crippen LogP contribution in [0.1, 0.15) is 36.2 Å². The molecule has 0 aromatic heterocycles. The Hall–Kier alpha value is -2.54. The molecule has 0 spiro atoms. The molecule has 0 saturated carbocycles. The molecular formula is C20H20ClF3N2O2. The van der Waals surface area contributed by atoms with Crippen molar-refractivity contribution in [2.75, 3.05) is 5.32 Å². The van der Waals surface area contributed by atoms with Crippen molar-refractivity contribution < 1.29 is 22.8 Å². The minimum Gasteiger partial charge on any atom is -0.340 e. The van der Waals surface area contributed by atoms with Gasteiger partial charge >= 0.3 is 6.18 Å². The first-order valence-corrected chi connectivity index (χ1v) is 9.04. The molecule has 0 saturated heterocycles. The molecule has 8 heteroatoms. The Morgan fingerprint density at radius 1 is 1.11 bits per heavy atom. The van der Waals surface area contributed by atoms with E-state index in [0.717, 1.165) is 12.1 Å². The van der Waals surface area contributed by atoms with Gasteiger partial charge in [0.2, 0.25) is 5.91 Å². The number of carbonyl (C=O) groups excluding carboxylic acids is 2. The number of anilines is 1. The Morgan fingerprint density at radius 2 is 1.75 bits per heavy atom. The number of alkyl halides is 3. The summed E-state index contributed by atoms with van der Waals surface area (Å²) in [6.45, 7) is 3.63. The van der Waals surface area contributed by atoms with Crippen LogP contribution in [0.4, 0.5) is 18.9 Å². The predicted molar refractivity (Wildman–Crippen MR) is 102 cm³/mol. The molecule has 2 rings (SSSR count). The van der Waals surface area contributed by atoms with Gasteiger partial charge < -0.3 is 10.6 Å². The summed E-state index contributed by atoms with van der Waals surface area (Å²) in [6, 6.07) is 10.6. The molecule has 0 radical (unpaired) electrons. The van der Waals surface area contributed by atoms with Crippen LogP contribution >= 0.6 is 11.6 Å². The number of nitrogens with one attached hydrogen (secondary N) is 2. The third-order valence-corrected chi connectivity index (χ3v) is 4.69. The van der Waals surface area contributed by atoms with E-state index in [9.17, 15) is 22.8 Å². The third-order valence-electron chi connectivity index (χ3n) is 4.36. The standard InChI is InChI=1S/C20H20ClF3N2O2/c1-3-12(2)17(26-18(27)13-7-5-4-6-8-13)19(28)25-14-9-10-16(21)15(11-14)20(22,23)24/h4-12,17H,3H2,1-2H3,(H,25,28)(H,26,27)/t12-,17-/m0/s1. The summed E-state index contributed by atoms with van der Waals surface area (Å²) >= 11 is 5.60. The quantitative estimate of drug-likeness (QED) is 0.690. The lowest BCUT2D eigenvalue weighted by atomic mass is 9.97. The van der Waals surface area contributed by atoms with Gasteiger partial charge in [0.05, 0.1) is 10.6 Å². The highest BCUT2D eigenvalue weighted by molar-refractivity contribution is 6.31. The number of hydrogen-bond donors (Lipinski definition) is 2. The average molecular weight is 413 g/mol. The van der Waals surface area contributed by atoms with Crippen LogP contribution < -0.4 is 10.6 Å². The highest BCUT2D eigenvalue weighted by atomic mass is 35.5. The summed E-state index contributed by atoms with van der Waals surface area (Å²) in [5.41, 5.74) is -0.709. The number of benzene rings is 2. The van der Waals surface area contributed by atoms with Gasteiger partial charge in [-0.05, 0) is 36.2 Å². The van der Waals surface area contributed by atoms with Crippen LogP contribution in [0.2, 0.25) is 5.02 Å². The molecule has 2 aromatic carbocycles. The lowest BCUT2D eigenvalue weighted by Crippen LogP contribution is -2.47. The summed E-state index contributed by atoms with van der Waals surface area (Å²) in [5.74, 6) is -1.27. The van der Waals surface area contributed by atoms with E-state index < -0.39 is 34.6 Å². The first kappa shape index (κ1) is 21.8. The van der Waals surface area contributed by atoms with E-state index in [1.54, 1.807) is 37.3 Å². The molecule has 2 aromatic rings. The fourth-order valence-electron chi connectivity index (χ4n) is 2.56. The zero-order valence-corrected chi connectivity index (χ0v) is 16.1. The predicted octanol–water partition coefficient (Wildman–Crippen LogP) is 5.14. The highest BCUT2D eigenvalue weighted by Gasteiger charge is 2.34. The second-order valence-electron chi connectivity index (χ2n) is 6.38. The number of carbonyl (C=O) groups is 2. The summed E-state index contributed by atoms with van der Waals surface area (Å²) in [5, 5.41) is 4.65. The molecule has 2 N–H and O–H groups in total. The van der Waals surface area contributed by atoms with Crippen LogP contribution in [0.15, 0.2) is 48.5 Å². The number of halogens is 4. The Kier molecular flexibility index (Phi) is 7.07. The zero-order chi connectivity index (χ0) is 20.9. The Bertz CT molecular complexity index is 841. The molecule has 0 aliphatic rings. The molecule has 0 unspecified atom stereocenters. The monoisotopic (exact) mass is 412 g/mol. The largest absolute Gasteiger partial charge is 0.417 e. The van der Waals surface area contributed by atoms with Crippen LogP contribution in [0.25, 0.3) is 0 Å². The van der Waals surface area contributed by atoms with Gasteiger partial charge in [-0.1, -0.05) is 50.1 Å². The SMILES string of the molecule is CC[C@H](C)[C@H](NC(=O)c1ccccc1)C(=O)Nc1ccc(Cl)c(C(F)(F)F)c1. The third kappa shape index (κ3) is 5.48. The lowest BCUT2D eigenvalue weighted by Gasteiger charge is -2.24. The smallest absolute Gasteiger partial charge is 0.340 e. The summed E-state index contributed by atoms with van der Waals surface area (Å²) < 4.78 is 39.0. The Balaban J connectivity index is 2.21. The summed E-state index contributed by atoms with van der Waals surface area (Å²) in [6.07, 6.45) is -4.06. The van der Waals surface area contributed by atoms with Crippen LogP contribution in [0.5, 0.6) is 0 Å². The molecule has 0 aliphatic heterocycles. The molecular weight excluding hydrogens is 393 g/mol. The molecule has 150 valence electrons. The second kappa shape index (κ2) is 9.10. The van der Waals surface area contributed by atoms with Gasteiger partial charge in [0.1, 0.15) is 6.04 Å². The molecule has 0 aliphatic carbocycles. The van der Waals surface area contributed by atoms with Crippen LogP contribution in [-0.4, -0.2) is 17.9 Å². The van der Waals surface area contributed by atoms with E-state index in [2.05, 4.69) is 10.6 Å². The maximum absolute atomic E-state index is 13.0. The van der Waals surface area contributed by atoms with Gasteiger partial charge in [0, 0.05) is 11.3 Å². The van der Waals surface area contributed by atoms with Gasteiger partial charge in [-0.15, -0.1) is 0 Å². The molecule has 28 heavy (non-hydrogen) atoms. The average Bonchev–Trinajstić information content (AvgIpc) is 2.66. The number of amides is 2. The number of hydrogen-bond acceptors (Lipinski definition) is 2. The normalized spacial score (nSPS) is 13.5. The van der Waals surface area contributed by atoms with E-state index in [-0.39, 0.29) is 11.6 Å². The number of rotatable bonds is 6. The zero-order valence-electron chi connectivity index (χ0n) is 15.3. The summed E-state index contributed by atoms with van der Waals surface area (Å²) in [4.78, 5) is 25.1. The minimum atomic E-state index is -4.64. The lowest BCUT2D eigenvalue weighted by molar-refractivity contribution is -0.137. The van der Waals surface area contributed by atoms with Crippen molar-refractivity contribution in [3.05, 3.63) is 64.7 Å². The fraction of sp³-hybridized carbons (Fsp3) is 0.300. The van der Waals surface area contributed by atoms with E-state index >= 15 is 0 Å². The van der Waals surface area contributed by atoms with Crippen LogP contribution in [0.3, 0.4) is 0 Å². The van der Waals surface area contributed by atoms with Gasteiger partial charge in [-0.25, -0.2) is 0 Å². The van der Waals surface area contributed by atoms with Crippen LogP contribution in [-0.2, 0) is 11.0 Å². The van der Waals surface area contributed by atoms with Crippen LogP contribution in [0, 0.1) is 5.92 Å². The molecule has 0 heterocycles. The van der Waals surface area contributed by atoms with E-state index in [0.29, 0.717) is 12.0 Å². The Morgan fingerprint density at radius 3 is 2.32 bits per heavy atom. The van der Waals surface area contributed by atoms with E-state index in [1.807, 2.05) is 6.92 Å². The summed E-state index contributed by atoms with van der Waals surface area (Å²) in [7, 11) is 0. The van der Waals surface area contributed by atoms with Crippen molar-refractivity contribution in [1.29, 1.82) is 0 Å². The maximum atomic E-state index is 13.0. The van der Waals surface area contributed by atoms with Crippen molar-refractivity contribution in [3.8, 4) is 0 Å². The molecule has 0 fully saturated rings. The Labute approximate surface area is 166 Å². The van der Waals surface area contributed by atoms with Gasteiger partial charge in [-0.2, -0.15) is 13.2 Å². The fourth-order valence-corrected chi connectivity index (χ4v) is 2.78. The van der Waals surface area contributed by atoms with Crippen molar-refractivity contribution in [1.82, 2.24) is 5.32 Å². The highest BCUT2D eigenvalue weighted by Crippen LogP contribution is 2.36. The molecule has 2 atom stereocenters. The van der Waals surface area contributed by atoms with Gasteiger partial charge in [-0.3, -0.25) is 9.59 Å². The first-order valence-electron chi connectivity index (χ1n) is 8.67. The van der Waals surface area contributed by atoms with E-state index in [1.165, 1.54) is 6.07 Å². The van der Waals surface area contributed by atoms with Crippen molar-refractivity contribution in [3.63, 3.8) is 0 Å². The first-order chi connectivity index (χ1) is 13.1. The van der Waals surface area contributed by atoms with E-state index in [4.69, 9.17) is 11.6 Å². The van der Waals surface area contributed by atoms with Crippen molar-refractivity contribution in [2.45, 2.75) is 32.5 Å².